The van der Waals surface area contributed by atoms with Gasteiger partial charge in [0.1, 0.15) is 0 Å². The molecule has 0 spiro atoms. The van der Waals surface area contributed by atoms with Crippen LogP contribution in [0.5, 0.6) is 0 Å². The third-order valence-electron chi connectivity index (χ3n) is 3.38. The first kappa shape index (κ1) is 10.3. The summed E-state index contributed by atoms with van der Waals surface area (Å²) in [4.78, 5) is 21.4. The number of nitrogens with zero attached hydrogens (tertiary/aromatic N) is 2. The molecule has 17 heavy (non-hydrogen) atoms. The number of likely N-dealkylation sites (tertiary alicyclic amines) is 1. The van der Waals surface area contributed by atoms with Gasteiger partial charge in [-0.3, -0.25) is 4.79 Å². The van der Waals surface area contributed by atoms with E-state index in [9.17, 15) is 4.79 Å². The van der Waals surface area contributed by atoms with E-state index in [4.69, 9.17) is 0 Å². The molecule has 1 N–H and O–H groups in total. The first-order valence-electron chi connectivity index (χ1n) is 5.96. The summed E-state index contributed by atoms with van der Waals surface area (Å²) in [6.45, 7) is 3.94. The van der Waals surface area contributed by atoms with Crippen LogP contribution in [0.1, 0.15) is 23.7 Å². The fraction of sp³-hybridized carbons (Fsp3) is 0.385. The van der Waals surface area contributed by atoms with Crippen molar-refractivity contribution in [2.24, 2.45) is 5.92 Å². The predicted molar refractivity (Wildman–Crippen MR) is 65.8 cm³/mol. The molecule has 4 heteroatoms. The van der Waals surface area contributed by atoms with Crippen LogP contribution in [-0.4, -0.2) is 33.9 Å². The van der Waals surface area contributed by atoms with Crippen molar-refractivity contribution in [3.05, 3.63) is 30.1 Å². The molecule has 4 nitrogen and oxygen atoms in total. The van der Waals surface area contributed by atoms with Gasteiger partial charge in [0.2, 0.25) is 0 Å². The molecule has 0 saturated carbocycles. The second-order valence-corrected chi connectivity index (χ2v) is 4.78. The third kappa shape index (κ3) is 1.79. The average Bonchev–Trinajstić information content (AvgIpc) is 2.95. The number of rotatable bonds is 1. The molecule has 0 bridgehead atoms. The van der Waals surface area contributed by atoms with Crippen LogP contribution in [0.3, 0.4) is 0 Å². The van der Waals surface area contributed by atoms with E-state index in [-0.39, 0.29) is 5.91 Å². The fourth-order valence-corrected chi connectivity index (χ4v) is 2.37. The Morgan fingerprint density at radius 1 is 1.53 bits per heavy atom. The average molecular weight is 229 g/mol. The maximum absolute atomic E-state index is 12.2. The second-order valence-electron chi connectivity index (χ2n) is 4.78. The summed E-state index contributed by atoms with van der Waals surface area (Å²) in [5.41, 5.74) is 2.57. The van der Waals surface area contributed by atoms with Crippen molar-refractivity contribution < 1.29 is 4.79 Å². The monoisotopic (exact) mass is 229 g/mol. The van der Waals surface area contributed by atoms with Crippen molar-refractivity contribution in [1.82, 2.24) is 14.9 Å². The van der Waals surface area contributed by atoms with Crippen molar-refractivity contribution in [2.75, 3.05) is 13.1 Å². The Morgan fingerprint density at radius 2 is 2.41 bits per heavy atom. The lowest BCUT2D eigenvalue weighted by Gasteiger charge is -2.15. The van der Waals surface area contributed by atoms with Gasteiger partial charge in [-0.15, -0.1) is 0 Å². The van der Waals surface area contributed by atoms with Crippen molar-refractivity contribution in [3.8, 4) is 0 Å². The normalized spacial score (nSPS) is 20.1. The smallest absolute Gasteiger partial charge is 0.253 e. The SMILES string of the molecule is CC1CCN(C(=O)c2ccc3nc[nH]c3c2)C1. The molecule has 1 atom stereocenters. The molecule has 1 aromatic carbocycles. The molecular weight excluding hydrogens is 214 g/mol. The van der Waals surface area contributed by atoms with Gasteiger partial charge in [0, 0.05) is 18.7 Å². The van der Waals surface area contributed by atoms with Crippen molar-refractivity contribution in [1.29, 1.82) is 0 Å². The molecule has 88 valence electrons. The van der Waals surface area contributed by atoms with Crippen LogP contribution in [0, 0.1) is 5.92 Å². The Balaban J connectivity index is 1.89. The Bertz CT molecular complexity index is 561. The van der Waals surface area contributed by atoms with Gasteiger partial charge in [-0.1, -0.05) is 6.92 Å². The van der Waals surface area contributed by atoms with E-state index in [2.05, 4.69) is 16.9 Å². The van der Waals surface area contributed by atoms with E-state index in [1.165, 1.54) is 0 Å². The van der Waals surface area contributed by atoms with E-state index in [1.54, 1.807) is 6.33 Å². The molecule has 1 aliphatic rings. The maximum Gasteiger partial charge on any atom is 0.253 e. The molecule has 1 amide bonds. The zero-order valence-corrected chi connectivity index (χ0v) is 9.81. The number of carbonyl (C=O) groups excluding carboxylic acids is 1. The number of aromatic amines is 1. The number of hydrogen-bond donors (Lipinski definition) is 1. The molecule has 2 aromatic rings. The van der Waals surface area contributed by atoms with Crippen molar-refractivity contribution in [2.45, 2.75) is 13.3 Å². The summed E-state index contributed by atoms with van der Waals surface area (Å²) in [7, 11) is 0. The standard InChI is InChI=1S/C13H15N3O/c1-9-4-5-16(7-9)13(17)10-2-3-11-12(6-10)15-8-14-11/h2-3,6,8-9H,4-5,7H2,1H3,(H,14,15). The van der Waals surface area contributed by atoms with Gasteiger partial charge in [-0.25, -0.2) is 4.98 Å². The largest absolute Gasteiger partial charge is 0.345 e. The molecule has 0 aliphatic carbocycles. The zero-order chi connectivity index (χ0) is 11.8. The van der Waals surface area contributed by atoms with E-state index in [0.29, 0.717) is 5.92 Å². The van der Waals surface area contributed by atoms with Crippen molar-refractivity contribution >= 4 is 16.9 Å². The number of hydrogen-bond acceptors (Lipinski definition) is 2. The highest BCUT2D eigenvalue weighted by molar-refractivity contribution is 5.97. The van der Waals surface area contributed by atoms with E-state index >= 15 is 0 Å². The van der Waals surface area contributed by atoms with Crippen LogP contribution < -0.4 is 0 Å². The quantitative estimate of drug-likeness (QED) is 0.813. The molecular formula is C13H15N3O. The summed E-state index contributed by atoms with van der Waals surface area (Å²) in [6.07, 6.45) is 2.76. The van der Waals surface area contributed by atoms with Gasteiger partial charge in [-0.05, 0) is 30.5 Å². The number of amides is 1. The molecule has 1 unspecified atom stereocenters. The Labute approximate surface area is 99.6 Å². The lowest BCUT2D eigenvalue weighted by Crippen LogP contribution is -2.28. The highest BCUT2D eigenvalue weighted by Gasteiger charge is 2.24. The summed E-state index contributed by atoms with van der Waals surface area (Å²) in [5.74, 6) is 0.751. The molecule has 3 rings (SSSR count). The number of fused-ring (bicyclic) bond motifs is 1. The lowest BCUT2D eigenvalue weighted by molar-refractivity contribution is 0.0788. The van der Waals surface area contributed by atoms with Crippen LogP contribution in [0.15, 0.2) is 24.5 Å². The minimum atomic E-state index is 0.130. The second kappa shape index (κ2) is 3.87. The third-order valence-corrected chi connectivity index (χ3v) is 3.38. The molecule has 0 radical (unpaired) electrons. The number of nitrogens with one attached hydrogen (secondary N) is 1. The zero-order valence-electron chi connectivity index (χ0n) is 9.81. The number of imidazole rings is 1. The molecule has 2 heterocycles. The van der Waals surface area contributed by atoms with E-state index in [1.807, 2.05) is 23.1 Å². The molecule has 1 fully saturated rings. The fourth-order valence-electron chi connectivity index (χ4n) is 2.37. The summed E-state index contributed by atoms with van der Waals surface area (Å²) in [5, 5.41) is 0. The first-order valence-corrected chi connectivity index (χ1v) is 5.96. The first-order chi connectivity index (χ1) is 8.24. The van der Waals surface area contributed by atoms with Crippen LogP contribution in [-0.2, 0) is 0 Å². The van der Waals surface area contributed by atoms with Gasteiger partial charge in [0.05, 0.1) is 17.4 Å². The minimum Gasteiger partial charge on any atom is -0.345 e. The van der Waals surface area contributed by atoms with Crippen LogP contribution in [0.25, 0.3) is 11.0 Å². The number of carbonyl (C=O) groups is 1. The van der Waals surface area contributed by atoms with E-state index < -0.39 is 0 Å². The Hall–Kier alpha value is -1.84. The highest BCUT2D eigenvalue weighted by atomic mass is 16.2. The topological polar surface area (TPSA) is 49.0 Å². The minimum absolute atomic E-state index is 0.130. The predicted octanol–water partition coefficient (Wildman–Crippen LogP) is 2.04. The van der Waals surface area contributed by atoms with E-state index in [0.717, 1.165) is 36.1 Å². The van der Waals surface area contributed by atoms with Gasteiger partial charge in [0.25, 0.3) is 5.91 Å². The summed E-state index contributed by atoms with van der Waals surface area (Å²) >= 11 is 0. The van der Waals surface area contributed by atoms with Gasteiger partial charge in [-0.2, -0.15) is 0 Å². The highest BCUT2D eigenvalue weighted by Crippen LogP contribution is 2.19. The van der Waals surface area contributed by atoms with Crippen LogP contribution >= 0.6 is 0 Å². The van der Waals surface area contributed by atoms with Crippen molar-refractivity contribution in [3.63, 3.8) is 0 Å². The summed E-state index contributed by atoms with van der Waals surface area (Å²) < 4.78 is 0. The Kier molecular flexibility index (Phi) is 2.35. The van der Waals surface area contributed by atoms with Gasteiger partial charge in [0.15, 0.2) is 0 Å². The molecule has 1 aliphatic heterocycles. The lowest BCUT2D eigenvalue weighted by atomic mass is 10.1. The van der Waals surface area contributed by atoms with Crippen LogP contribution in [0.2, 0.25) is 0 Å². The number of H-pyrrole nitrogens is 1. The number of aromatic nitrogens is 2. The maximum atomic E-state index is 12.2. The van der Waals surface area contributed by atoms with Crippen LogP contribution in [0.4, 0.5) is 0 Å². The Morgan fingerprint density at radius 3 is 3.18 bits per heavy atom. The summed E-state index contributed by atoms with van der Waals surface area (Å²) in [6, 6.07) is 5.63. The van der Waals surface area contributed by atoms with Gasteiger partial charge >= 0.3 is 0 Å². The number of benzene rings is 1. The van der Waals surface area contributed by atoms with Gasteiger partial charge < -0.3 is 9.88 Å². The molecule has 1 saturated heterocycles. The molecule has 1 aromatic heterocycles.